The highest BCUT2D eigenvalue weighted by atomic mass is 16.2. The molecule has 1 heterocycles. The number of nitrogens with one attached hydrogen (secondary N) is 2. The summed E-state index contributed by atoms with van der Waals surface area (Å²) in [5, 5.41) is 5.85. The summed E-state index contributed by atoms with van der Waals surface area (Å²) in [6.07, 6.45) is 3.70. The Morgan fingerprint density at radius 3 is 3.00 bits per heavy atom. The first-order chi connectivity index (χ1) is 7.24. The fourth-order valence-electron chi connectivity index (χ4n) is 1.23. The molecule has 1 aliphatic rings. The standard InChI is InChI=1S/C10H14N4O/c1-7-4-9(13-6-12-7)11-5-10(15)14-8-2-3-8/h4,6,8H,2-3,5H2,1H3,(H,14,15)(H,11,12,13). The maximum absolute atomic E-state index is 11.3. The third-order valence-corrected chi connectivity index (χ3v) is 2.18. The van der Waals surface area contributed by atoms with E-state index >= 15 is 0 Å². The van der Waals surface area contributed by atoms with Gasteiger partial charge in [-0.15, -0.1) is 0 Å². The van der Waals surface area contributed by atoms with Gasteiger partial charge in [-0.2, -0.15) is 0 Å². The third-order valence-electron chi connectivity index (χ3n) is 2.18. The molecular formula is C10H14N4O. The van der Waals surface area contributed by atoms with E-state index in [1.165, 1.54) is 6.33 Å². The summed E-state index contributed by atoms with van der Waals surface area (Å²) in [5.74, 6) is 0.710. The number of carbonyl (C=O) groups is 1. The van der Waals surface area contributed by atoms with Crippen molar-refractivity contribution in [2.75, 3.05) is 11.9 Å². The number of hydrogen-bond acceptors (Lipinski definition) is 4. The van der Waals surface area contributed by atoms with Crippen LogP contribution < -0.4 is 10.6 Å². The number of hydrogen-bond donors (Lipinski definition) is 2. The number of rotatable bonds is 4. The lowest BCUT2D eigenvalue weighted by molar-refractivity contribution is -0.119. The lowest BCUT2D eigenvalue weighted by atomic mass is 10.4. The van der Waals surface area contributed by atoms with E-state index in [0.717, 1.165) is 18.5 Å². The molecule has 1 amide bonds. The molecule has 5 nitrogen and oxygen atoms in total. The van der Waals surface area contributed by atoms with Crippen LogP contribution in [0.3, 0.4) is 0 Å². The van der Waals surface area contributed by atoms with Gasteiger partial charge < -0.3 is 10.6 Å². The van der Waals surface area contributed by atoms with Crippen LogP contribution in [0, 0.1) is 6.92 Å². The topological polar surface area (TPSA) is 66.9 Å². The molecule has 1 aromatic rings. The molecule has 1 aromatic heterocycles. The average Bonchev–Trinajstić information content (AvgIpc) is 2.99. The Labute approximate surface area is 88.3 Å². The summed E-state index contributed by atoms with van der Waals surface area (Å²) in [7, 11) is 0. The normalized spacial score (nSPS) is 14.7. The Hall–Kier alpha value is -1.65. The molecule has 2 rings (SSSR count). The smallest absolute Gasteiger partial charge is 0.239 e. The number of amides is 1. The Balaban J connectivity index is 1.78. The Bertz CT molecular complexity index is 362. The Morgan fingerprint density at radius 1 is 1.53 bits per heavy atom. The van der Waals surface area contributed by atoms with Crippen molar-refractivity contribution < 1.29 is 4.79 Å². The highest BCUT2D eigenvalue weighted by Gasteiger charge is 2.22. The SMILES string of the molecule is Cc1cc(NCC(=O)NC2CC2)ncn1. The lowest BCUT2D eigenvalue weighted by Gasteiger charge is -2.05. The highest BCUT2D eigenvalue weighted by molar-refractivity contribution is 5.80. The van der Waals surface area contributed by atoms with Crippen molar-refractivity contribution in [1.82, 2.24) is 15.3 Å². The van der Waals surface area contributed by atoms with Crippen LogP contribution in [0.1, 0.15) is 18.5 Å². The summed E-state index contributed by atoms with van der Waals surface area (Å²) in [6.45, 7) is 2.16. The van der Waals surface area contributed by atoms with E-state index in [4.69, 9.17) is 0 Å². The van der Waals surface area contributed by atoms with Gasteiger partial charge in [-0.1, -0.05) is 0 Å². The van der Waals surface area contributed by atoms with Gasteiger partial charge in [0.05, 0.1) is 6.54 Å². The van der Waals surface area contributed by atoms with Crippen molar-refractivity contribution in [1.29, 1.82) is 0 Å². The molecule has 5 heteroatoms. The van der Waals surface area contributed by atoms with Crippen LogP contribution in [0.4, 0.5) is 5.82 Å². The van der Waals surface area contributed by atoms with E-state index in [1.807, 2.05) is 13.0 Å². The van der Waals surface area contributed by atoms with Gasteiger partial charge in [0.25, 0.3) is 0 Å². The van der Waals surface area contributed by atoms with Crippen molar-refractivity contribution in [2.45, 2.75) is 25.8 Å². The summed E-state index contributed by atoms with van der Waals surface area (Å²) in [6, 6.07) is 2.22. The van der Waals surface area contributed by atoms with Crippen LogP contribution in [0.5, 0.6) is 0 Å². The zero-order chi connectivity index (χ0) is 10.7. The minimum atomic E-state index is 0.0220. The summed E-state index contributed by atoms with van der Waals surface area (Å²) >= 11 is 0. The van der Waals surface area contributed by atoms with Gasteiger partial charge in [-0.3, -0.25) is 4.79 Å². The largest absolute Gasteiger partial charge is 0.361 e. The van der Waals surface area contributed by atoms with E-state index in [9.17, 15) is 4.79 Å². The van der Waals surface area contributed by atoms with Crippen molar-refractivity contribution in [2.24, 2.45) is 0 Å². The second kappa shape index (κ2) is 4.25. The van der Waals surface area contributed by atoms with Crippen LogP contribution >= 0.6 is 0 Å². The minimum Gasteiger partial charge on any atom is -0.361 e. The summed E-state index contributed by atoms with van der Waals surface area (Å²) in [4.78, 5) is 19.3. The maximum atomic E-state index is 11.3. The summed E-state index contributed by atoms with van der Waals surface area (Å²) in [5.41, 5.74) is 0.884. The van der Waals surface area contributed by atoms with E-state index < -0.39 is 0 Å². The molecule has 0 spiro atoms. The van der Waals surface area contributed by atoms with E-state index in [0.29, 0.717) is 11.9 Å². The van der Waals surface area contributed by atoms with Gasteiger partial charge in [-0.05, 0) is 19.8 Å². The van der Waals surface area contributed by atoms with Gasteiger partial charge >= 0.3 is 0 Å². The highest BCUT2D eigenvalue weighted by Crippen LogP contribution is 2.18. The van der Waals surface area contributed by atoms with Crippen molar-refractivity contribution in [3.05, 3.63) is 18.1 Å². The molecule has 0 unspecified atom stereocenters. The van der Waals surface area contributed by atoms with Crippen LogP contribution in [0.2, 0.25) is 0 Å². The predicted octanol–water partition coefficient (Wildman–Crippen LogP) is 0.476. The molecule has 0 saturated heterocycles. The monoisotopic (exact) mass is 206 g/mol. The fourth-order valence-corrected chi connectivity index (χ4v) is 1.23. The van der Waals surface area contributed by atoms with E-state index in [-0.39, 0.29) is 12.5 Å². The number of anilines is 1. The number of nitrogens with zero attached hydrogens (tertiary/aromatic N) is 2. The number of aryl methyl sites for hydroxylation is 1. The molecule has 1 aliphatic carbocycles. The van der Waals surface area contributed by atoms with Gasteiger partial charge in [0.2, 0.25) is 5.91 Å². The number of aromatic nitrogens is 2. The van der Waals surface area contributed by atoms with Crippen LogP contribution in [-0.2, 0) is 4.79 Å². The molecule has 15 heavy (non-hydrogen) atoms. The van der Waals surface area contributed by atoms with Crippen molar-refractivity contribution >= 4 is 11.7 Å². The third kappa shape index (κ3) is 3.19. The zero-order valence-electron chi connectivity index (χ0n) is 8.66. The zero-order valence-corrected chi connectivity index (χ0v) is 8.66. The predicted molar refractivity (Wildman–Crippen MR) is 56.4 cm³/mol. The van der Waals surface area contributed by atoms with E-state index in [2.05, 4.69) is 20.6 Å². The molecule has 2 N–H and O–H groups in total. The molecule has 0 aliphatic heterocycles. The molecule has 1 fully saturated rings. The Kier molecular flexibility index (Phi) is 2.80. The van der Waals surface area contributed by atoms with Gasteiger partial charge in [0.15, 0.2) is 0 Å². The second-order valence-corrected chi connectivity index (χ2v) is 3.74. The van der Waals surface area contributed by atoms with Crippen LogP contribution in [0.25, 0.3) is 0 Å². The molecule has 0 atom stereocenters. The fraction of sp³-hybridized carbons (Fsp3) is 0.500. The first kappa shape index (κ1) is 9.89. The molecule has 0 bridgehead atoms. The quantitative estimate of drug-likeness (QED) is 0.751. The molecule has 0 radical (unpaired) electrons. The lowest BCUT2D eigenvalue weighted by Crippen LogP contribution is -2.31. The molecule has 80 valence electrons. The minimum absolute atomic E-state index is 0.0220. The Morgan fingerprint density at radius 2 is 2.33 bits per heavy atom. The van der Waals surface area contributed by atoms with Crippen molar-refractivity contribution in [3.63, 3.8) is 0 Å². The molecule has 1 saturated carbocycles. The van der Waals surface area contributed by atoms with Crippen LogP contribution in [-0.4, -0.2) is 28.5 Å². The second-order valence-electron chi connectivity index (χ2n) is 3.74. The van der Waals surface area contributed by atoms with Crippen molar-refractivity contribution in [3.8, 4) is 0 Å². The van der Waals surface area contributed by atoms with Gasteiger partial charge in [-0.25, -0.2) is 9.97 Å². The number of carbonyl (C=O) groups excluding carboxylic acids is 1. The first-order valence-electron chi connectivity index (χ1n) is 5.06. The summed E-state index contributed by atoms with van der Waals surface area (Å²) < 4.78 is 0. The van der Waals surface area contributed by atoms with E-state index in [1.54, 1.807) is 0 Å². The average molecular weight is 206 g/mol. The van der Waals surface area contributed by atoms with Gasteiger partial charge in [0.1, 0.15) is 12.1 Å². The maximum Gasteiger partial charge on any atom is 0.239 e. The molecule has 0 aromatic carbocycles. The molecular weight excluding hydrogens is 192 g/mol. The van der Waals surface area contributed by atoms with Crippen LogP contribution in [0.15, 0.2) is 12.4 Å². The van der Waals surface area contributed by atoms with Gasteiger partial charge in [0, 0.05) is 17.8 Å². The first-order valence-corrected chi connectivity index (χ1v) is 5.06.